The fourth-order valence-electron chi connectivity index (χ4n) is 2.51. The van der Waals surface area contributed by atoms with Crippen LogP contribution in [0.4, 0.5) is 0 Å². The number of rotatable bonds is 3. The first-order valence-corrected chi connectivity index (χ1v) is 9.57. The van der Waals surface area contributed by atoms with Gasteiger partial charge in [-0.1, -0.05) is 18.0 Å². The average molecular weight is 402 g/mol. The monoisotopic (exact) mass is 400 g/mol. The predicted molar refractivity (Wildman–Crippen MR) is 85.7 cm³/mol. The summed E-state index contributed by atoms with van der Waals surface area (Å²) in [6.45, 7) is 0. The maximum Gasteiger partial charge on any atom is 0.154 e. The molecule has 1 heterocycles. The molecule has 1 aliphatic rings. The second-order valence-corrected chi connectivity index (χ2v) is 8.91. The van der Waals surface area contributed by atoms with Gasteiger partial charge in [0.2, 0.25) is 0 Å². The van der Waals surface area contributed by atoms with E-state index >= 15 is 0 Å². The fraction of sp³-hybridized carbons (Fsp3) is 0.538. The van der Waals surface area contributed by atoms with E-state index in [1.54, 1.807) is 12.1 Å². The van der Waals surface area contributed by atoms with Crippen LogP contribution in [0.2, 0.25) is 5.02 Å². The van der Waals surface area contributed by atoms with E-state index in [1.807, 2.05) is 0 Å². The first kappa shape index (κ1) is 16.4. The molecule has 0 saturated carbocycles. The smallest absolute Gasteiger partial charge is 0.154 e. The molecule has 0 radical (unpaired) electrons. The van der Waals surface area contributed by atoms with E-state index in [-0.39, 0.29) is 5.75 Å². The molecule has 3 nitrogen and oxygen atoms in total. The van der Waals surface area contributed by atoms with Crippen LogP contribution in [0.25, 0.3) is 0 Å². The van der Waals surface area contributed by atoms with Crippen LogP contribution in [-0.2, 0) is 9.84 Å². The number of halogens is 3. The molecule has 2 atom stereocenters. The van der Waals surface area contributed by atoms with E-state index in [0.29, 0.717) is 33.6 Å². The zero-order valence-electron chi connectivity index (χ0n) is 10.9. The normalized spacial score (nSPS) is 23.3. The number of sulfone groups is 1. The van der Waals surface area contributed by atoms with Crippen molar-refractivity contribution in [1.29, 1.82) is 0 Å². The quantitative estimate of drug-likeness (QED) is 0.706. The summed E-state index contributed by atoms with van der Waals surface area (Å²) < 4.78 is 30.4. The molecule has 0 bridgehead atoms. The van der Waals surface area contributed by atoms with Crippen LogP contribution in [0.15, 0.2) is 16.6 Å². The van der Waals surface area contributed by atoms with Crippen molar-refractivity contribution in [2.45, 2.75) is 29.9 Å². The molecular weight excluding hydrogens is 387 g/mol. The summed E-state index contributed by atoms with van der Waals surface area (Å²) in [6, 6.07) is 3.37. The lowest BCUT2D eigenvalue weighted by atomic mass is 10.0. The molecule has 112 valence electrons. The Hall–Kier alpha value is 0.0300. The van der Waals surface area contributed by atoms with E-state index < -0.39 is 20.5 Å². The lowest BCUT2D eigenvalue weighted by Crippen LogP contribution is -2.32. The Balaban J connectivity index is 2.45. The van der Waals surface area contributed by atoms with Gasteiger partial charge in [-0.2, -0.15) is 0 Å². The van der Waals surface area contributed by atoms with Crippen molar-refractivity contribution in [3.8, 4) is 5.75 Å². The molecule has 1 fully saturated rings. The second-order valence-electron chi connectivity index (χ2n) is 4.81. The third-order valence-corrected chi connectivity index (χ3v) is 7.28. The predicted octanol–water partition coefficient (Wildman–Crippen LogP) is 4.36. The van der Waals surface area contributed by atoms with Gasteiger partial charge in [0.1, 0.15) is 5.75 Å². The van der Waals surface area contributed by atoms with Crippen LogP contribution in [-0.4, -0.2) is 26.5 Å². The molecule has 1 aromatic carbocycles. The third kappa shape index (κ3) is 3.26. The summed E-state index contributed by atoms with van der Waals surface area (Å²) in [7, 11) is -1.64. The van der Waals surface area contributed by atoms with Crippen LogP contribution < -0.4 is 4.74 Å². The van der Waals surface area contributed by atoms with Crippen molar-refractivity contribution in [3.63, 3.8) is 0 Å². The number of alkyl halides is 1. The van der Waals surface area contributed by atoms with Crippen molar-refractivity contribution in [1.82, 2.24) is 0 Å². The Kier molecular flexibility index (Phi) is 5.27. The molecular formula is C13H15BrCl2O3S. The summed E-state index contributed by atoms with van der Waals surface area (Å²) in [5, 5.41) is -0.756. The van der Waals surface area contributed by atoms with Crippen LogP contribution in [0.5, 0.6) is 5.75 Å². The molecule has 1 aromatic rings. The zero-order chi connectivity index (χ0) is 14.9. The molecule has 20 heavy (non-hydrogen) atoms. The highest BCUT2D eigenvalue weighted by atomic mass is 79.9. The van der Waals surface area contributed by atoms with Gasteiger partial charge in [0.05, 0.1) is 28.0 Å². The molecule has 0 amide bonds. The Morgan fingerprint density at radius 1 is 1.40 bits per heavy atom. The maximum absolute atomic E-state index is 12.2. The first-order valence-electron chi connectivity index (χ1n) is 6.25. The lowest BCUT2D eigenvalue weighted by Gasteiger charge is -2.27. The molecule has 1 saturated heterocycles. The zero-order valence-corrected chi connectivity index (χ0v) is 14.8. The highest BCUT2D eigenvalue weighted by molar-refractivity contribution is 9.10. The van der Waals surface area contributed by atoms with E-state index in [1.165, 1.54) is 7.11 Å². The molecule has 7 heteroatoms. The average Bonchev–Trinajstić information content (AvgIpc) is 2.36. The topological polar surface area (TPSA) is 43.4 Å². The lowest BCUT2D eigenvalue weighted by molar-refractivity contribution is 0.405. The van der Waals surface area contributed by atoms with Gasteiger partial charge in [-0.05, 0) is 40.9 Å². The molecule has 0 N–H and O–H groups in total. The summed E-state index contributed by atoms with van der Waals surface area (Å²) in [5.74, 6) is 0.737. The Morgan fingerprint density at radius 2 is 2.10 bits per heavy atom. The van der Waals surface area contributed by atoms with Gasteiger partial charge in [0, 0.05) is 10.6 Å². The van der Waals surface area contributed by atoms with Gasteiger partial charge < -0.3 is 4.74 Å². The summed E-state index contributed by atoms with van der Waals surface area (Å²) in [4.78, 5) is 0. The minimum absolute atomic E-state index is 0.199. The van der Waals surface area contributed by atoms with E-state index in [4.69, 9.17) is 27.9 Å². The number of methoxy groups -OCH3 is 1. The minimum atomic E-state index is -3.17. The van der Waals surface area contributed by atoms with E-state index in [9.17, 15) is 8.42 Å². The third-order valence-electron chi connectivity index (χ3n) is 3.49. The van der Waals surface area contributed by atoms with Gasteiger partial charge in [-0.25, -0.2) is 8.42 Å². The summed E-state index contributed by atoms with van der Waals surface area (Å²) in [5.41, 5.74) is 0.615. The molecule has 1 aliphatic heterocycles. The van der Waals surface area contributed by atoms with Crippen molar-refractivity contribution in [2.75, 3.05) is 12.9 Å². The standard InChI is InChI=1S/C13H15BrCl2O3S/c1-19-13-9(6-8(15)7-10(13)14)12(16)11-4-2-3-5-20(11,17)18/h6-7,11-12H,2-5H2,1H3. The highest BCUT2D eigenvalue weighted by Crippen LogP contribution is 2.43. The summed E-state index contributed by atoms with van der Waals surface area (Å²) in [6.07, 6.45) is 2.15. The molecule has 2 rings (SSSR count). The number of hydrogen-bond donors (Lipinski definition) is 0. The van der Waals surface area contributed by atoms with Gasteiger partial charge >= 0.3 is 0 Å². The van der Waals surface area contributed by atoms with Crippen LogP contribution in [0.3, 0.4) is 0 Å². The van der Waals surface area contributed by atoms with Crippen LogP contribution in [0.1, 0.15) is 30.2 Å². The highest BCUT2D eigenvalue weighted by Gasteiger charge is 2.37. The number of benzene rings is 1. The van der Waals surface area contributed by atoms with Crippen LogP contribution in [0, 0.1) is 0 Å². The van der Waals surface area contributed by atoms with Crippen molar-refractivity contribution in [3.05, 3.63) is 27.2 Å². The molecule has 0 aromatic heterocycles. The number of ether oxygens (including phenoxy) is 1. The van der Waals surface area contributed by atoms with E-state index in [2.05, 4.69) is 15.9 Å². The van der Waals surface area contributed by atoms with Crippen molar-refractivity contribution >= 4 is 49.0 Å². The molecule has 0 spiro atoms. The van der Waals surface area contributed by atoms with Gasteiger partial charge in [0.25, 0.3) is 0 Å². The minimum Gasteiger partial charge on any atom is -0.495 e. The van der Waals surface area contributed by atoms with Crippen molar-refractivity contribution < 1.29 is 13.2 Å². The van der Waals surface area contributed by atoms with Crippen molar-refractivity contribution in [2.24, 2.45) is 0 Å². The largest absolute Gasteiger partial charge is 0.495 e. The molecule has 2 unspecified atom stereocenters. The van der Waals surface area contributed by atoms with Gasteiger partial charge in [-0.3, -0.25) is 0 Å². The Labute approximate surface area is 137 Å². The van der Waals surface area contributed by atoms with E-state index in [0.717, 1.165) is 6.42 Å². The Bertz CT molecular complexity index is 604. The maximum atomic E-state index is 12.2. The summed E-state index contributed by atoms with van der Waals surface area (Å²) >= 11 is 15.9. The second kappa shape index (κ2) is 6.42. The fourth-order valence-corrected chi connectivity index (χ4v) is 6.21. The SMILES string of the molecule is COc1c(Br)cc(Cl)cc1C(Cl)C1CCCCS1(=O)=O. The Morgan fingerprint density at radius 3 is 2.70 bits per heavy atom. The molecule has 0 aliphatic carbocycles. The van der Waals surface area contributed by atoms with Gasteiger partial charge in [0.15, 0.2) is 9.84 Å². The van der Waals surface area contributed by atoms with Crippen LogP contribution >= 0.6 is 39.1 Å². The first-order chi connectivity index (χ1) is 9.36. The van der Waals surface area contributed by atoms with Gasteiger partial charge in [-0.15, -0.1) is 11.6 Å². The number of hydrogen-bond acceptors (Lipinski definition) is 3.